The third-order valence-corrected chi connectivity index (χ3v) is 2.66. The predicted octanol–water partition coefficient (Wildman–Crippen LogP) is 0.885. The van der Waals surface area contributed by atoms with Gasteiger partial charge in [0.05, 0.1) is 24.9 Å². The maximum atomic E-state index is 9.17. The minimum atomic E-state index is -0.170. The van der Waals surface area contributed by atoms with Gasteiger partial charge in [-0.3, -0.25) is 4.90 Å². The number of aliphatic hydroxyl groups is 1. The van der Waals surface area contributed by atoms with Crippen LogP contribution in [0.4, 0.5) is 0 Å². The van der Waals surface area contributed by atoms with E-state index in [2.05, 4.69) is 25.7 Å². The number of hydrogen-bond donors (Lipinski definition) is 1. The Morgan fingerprint density at radius 2 is 2.19 bits per heavy atom. The highest BCUT2D eigenvalue weighted by atomic mass is 16.5. The average Bonchev–Trinajstić information content (AvgIpc) is 2.22. The number of hydrogen-bond acceptors (Lipinski definition) is 4. The van der Waals surface area contributed by atoms with Crippen LogP contribution in [-0.2, 0) is 9.47 Å². The molecule has 1 unspecified atom stereocenters. The zero-order valence-electron chi connectivity index (χ0n) is 10.7. The Hall–Kier alpha value is -0.160. The topological polar surface area (TPSA) is 41.9 Å². The van der Waals surface area contributed by atoms with Crippen LogP contribution in [0.3, 0.4) is 0 Å². The molecule has 1 aliphatic heterocycles. The van der Waals surface area contributed by atoms with Crippen molar-refractivity contribution in [1.82, 2.24) is 4.90 Å². The summed E-state index contributed by atoms with van der Waals surface area (Å²) >= 11 is 0. The molecule has 1 atom stereocenters. The first kappa shape index (κ1) is 13.9. The van der Waals surface area contributed by atoms with Crippen molar-refractivity contribution >= 4 is 0 Å². The average molecular weight is 231 g/mol. The molecule has 4 heteroatoms. The van der Waals surface area contributed by atoms with Crippen LogP contribution in [0.15, 0.2) is 0 Å². The van der Waals surface area contributed by atoms with Crippen LogP contribution < -0.4 is 0 Å². The summed E-state index contributed by atoms with van der Waals surface area (Å²) in [6.45, 7) is 10.6. The quantitative estimate of drug-likeness (QED) is 0.689. The van der Waals surface area contributed by atoms with Gasteiger partial charge in [0.15, 0.2) is 0 Å². The Morgan fingerprint density at radius 1 is 1.44 bits per heavy atom. The summed E-state index contributed by atoms with van der Waals surface area (Å²) in [5.41, 5.74) is -0.170. The van der Waals surface area contributed by atoms with E-state index >= 15 is 0 Å². The Morgan fingerprint density at radius 3 is 2.81 bits per heavy atom. The van der Waals surface area contributed by atoms with Gasteiger partial charge in [0.2, 0.25) is 0 Å². The summed E-state index contributed by atoms with van der Waals surface area (Å²) in [5, 5.41) is 9.17. The Kier molecular flexibility index (Phi) is 5.69. The molecule has 0 saturated carbocycles. The number of nitrogens with zero attached hydrogens (tertiary/aromatic N) is 1. The van der Waals surface area contributed by atoms with E-state index in [1.54, 1.807) is 0 Å². The van der Waals surface area contributed by atoms with Crippen LogP contribution in [0.25, 0.3) is 0 Å². The molecule has 1 N–H and O–H groups in total. The monoisotopic (exact) mass is 231 g/mol. The normalized spacial score (nSPS) is 25.9. The minimum Gasteiger partial charge on any atom is -0.394 e. The van der Waals surface area contributed by atoms with Gasteiger partial charge in [0, 0.05) is 26.2 Å². The van der Waals surface area contributed by atoms with Gasteiger partial charge in [0.1, 0.15) is 0 Å². The number of aliphatic hydroxyl groups excluding tert-OH is 1. The van der Waals surface area contributed by atoms with Crippen molar-refractivity contribution in [2.75, 3.05) is 39.5 Å². The van der Waals surface area contributed by atoms with Crippen LogP contribution in [0.2, 0.25) is 0 Å². The molecule has 0 aromatic heterocycles. The third kappa shape index (κ3) is 4.78. The molecule has 0 amide bonds. The zero-order chi connectivity index (χ0) is 12.0. The zero-order valence-corrected chi connectivity index (χ0v) is 10.7. The number of morpholine rings is 1. The van der Waals surface area contributed by atoms with E-state index < -0.39 is 0 Å². The van der Waals surface area contributed by atoms with Gasteiger partial charge in [-0.1, -0.05) is 6.92 Å². The number of ether oxygens (including phenoxy) is 2. The van der Waals surface area contributed by atoms with E-state index in [1.807, 2.05) is 0 Å². The first-order valence-corrected chi connectivity index (χ1v) is 6.16. The van der Waals surface area contributed by atoms with E-state index in [0.717, 1.165) is 39.3 Å². The van der Waals surface area contributed by atoms with Crippen molar-refractivity contribution < 1.29 is 14.6 Å². The van der Waals surface area contributed by atoms with Gasteiger partial charge >= 0.3 is 0 Å². The van der Waals surface area contributed by atoms with Gasteiger partial charge in [-0.15, -0.1) is 0 Å². The summed E-state index contributed by atoms with van der Waals surface area (Å²) in [4.78, 5) is 2.31. The fraction of sp³-hybridized carbons (Fsp3) is 1.00. The largest absolute Gasteiger partial charge is 0.394 e. The molecule has 1 aliphatic rings. The molecule has 1 fully saturated rings. The minimum absolute atomic E-state index is 0.0603. The molecule has 0 bridgehead atoms. The van der Waals surface area contributed by atoms with Crippen molar-refractivity contribution in [1.29, 1.82) is 0 Å². The van der Waals surface area contributed by atoms with Crippen molar-refractivity contribution in [2.45, 2.75) is 38.9 Å². The molecule has 0 aliphatic carbocycles. The molecule has 1 heterocycles. The van der Waals surface area contributed by atoms with Crippen molar-refractivity contribution in [2.24, 2.45) is 0 Å². The second-order valence-corrected chi connectivity index (χ2v) is 5.03. The second-order valence-electron chi connectivity index (χ2n) is 5.03. The summed E-state index contributed by atoms with van der Waals surface area (Å²) < 4.78 is 11.2. The highest BCUT2D eigenvalue weighted by Gasteiger charge is 2.32. The van der Waals surface area contributed by atoms with E-state index in [4.69, 9.17) is 14.6 Å². The standard InChI is InChI=1S/C12H25NO3/c1-4-6-15-7-5-13-8-11(9-14)16-12(2,3)10-13/h11,14H,4-10H2,1-3H3. The first-order valence-electron chi connectivity index (χ1n) is 6.16. The summed E-state index contributed by atoms with van der Waals surface area (Å²) in [7, 11) is 0. The van der Waals surface area contributed by atoms with E-state index in [-0.39, 0.29) is 18.3 Å². The SMILES string of the molecule is CCCOCCN1CC(CO)OC(C)(C)C1. The lowest BCUT2D eigenvalue weighted by atomic mass is 10.1. The molecule has 16 heavy (non-hydrogen) atoms. The third-order valence-electron chi connectivity index (χ3n) is 2.66. The van der Waals surface area contributed by atoms with Crippen molar-refractivity contribution in [3.8, 4) is 0 Å². The molecule has 1 saturated heterocycles. The van der Waals surface area contributed by atoms with Gasteiger partial charge in [-0.05, 0) is 20.3 Å². The van der Waals surface area contributed by atoms with Crippen LogP contribution in [0.5, 0.6) is 0 Å². The second kappa shape index (κ2) is 6.55. The summed E-state index contributed by atoms with van der Waals surface area (Å²) in [5.74, 6) is 0. The maximum absolute atomic E-state index is 9.17. The van der Waals surface area contributed by atoms with E-state index in [0.29, 0.717) is 0 Å². The molecule has 96 valence electrons. The van der Waals surface area contributed by atoms with Crippen LogP contribution in [0, 0.1) is 0 Å². The molecule has 1 rings (SSSR count). The fourth-order valence-corrected chi connectivity index (χ4v) is 2.12. The number of rotatable bonds is 6. The lowest BCUT2D eigenvalue weighted by Crippen LogP contribution is -2.54. The fourth-order valence-electron chi connectivity index (χ4n) is 2.12. The van der Waals surface area contributed by atoms with E-state index in [1.165, 1.54) is 0 Å². The molecule has 0 aromatic rings. The smallest absolute Gasteiger partial charge is 0.0940 e. The van der Waals surface area contributed by atoms with Crippen LogP contribution in [0.1, 0.15) is 27.2 Å². The van der Waals surface area contributed by atoms with Crippen molar-refractivity contribution in [3.05, 3.63) is 0 Å². The molecular formula is C12H25NO3. The Balaban J connectivity index is 2.29. The lowest BCUT2D eigenvalue weighted by molar-refractivity contribution is -0.150. The van der Waals surface area contributed by atoms with Gasteiger partial charge < -0.3 is 14.6 Å². The molecule has 0 spiro atoms. The van der Waals surface area contributed by atoms with Crippen LogP contribution in [-0.4, -0.2) is 61.2 Å². The first-order chi connectivity index (χ1) is 7.57. The van der Waals surface area contributed by atoms with Crippen LogP contribution >= 0.6 is 0 Å². The Bertz CT molecular complexity index is 197. The summed E-state index contributed by atoms with van der Waals surface area (Å²) in [6.07, 6.45) is 1.00. The molecule has 0 aromatic carbocycles. The van der Waals surface area contributed by atoms with Gasteiger partial charge in [-0.25, -0.2) is 0 Å². The lowest BCUT2D eigenvalue weighted by Gasteiger charge is -2.42. The maximum Gasteiger partial charge on any atom is 0.0940 e. The van der Waals surface area contributed by atoms with Crippen molar-refractivity contribution in [3.63, 3.8) is 0 Å². The highest BCUT2D eigenvalue weighted by molar-refractivity contribution is 4.83. The highest BCUT2D eigenvalue weighted by Crippen LogP contribution is 2.20. The Labute approximate surface area is 98.5 Å². The summed E-state index contributed by atoms with van der Waals surface area (Å²) in [6, 6.07) is 0. The molecule has 4 nitrogen and oxygen atoms in total. The van der Waals surface area contributed by atoms with Gasteiger partial charge in [0.25, 0.3) is 0 Å². The van der Waals surface area contributed by atoms with Gasteiger partial charge in [-0.2, -0.15) is 0 Å². The predicted molar refractivity (Wildman–Crippen MR) is 63.6 cm³/mol. The van der Waals surface area contributed by atoms with E-state index in [9.17, 15) is 0 Å². The molecular weight excluding hydrogens is 206 g/mol. The molecule has 0 radical (unpaired) electrons.